The zero-order chi connectivity index (χ0) is 17.2. The van der Waals surface area contributed by atoms with Crippen LogP contribution in [-0.4, -0.2) is 36.3 Å². The third-order valence-corrected chi connectivity index (χ3v) is 4.69. The SMILES string of the molecule is COC1CCN(c2cc(C)nc3cc(Nc4cccnc4)ccc23)C1. The molecule has 2 aromatic heterocycles. The molecule has 1 fully saturated rings. The molecule has 0 saturated carbocycles. The van der Waals surface area contributed by atoms with E-state index >= 15 is 0 Å². The number of benzene rings is 1. The molecule has 1 aliphatic rings. The number of aryl methyl sites for hydroxylation is 1. The number of rotatable bonds is 4. The predicted molar refractivity (Wildman–Crippen MR) is 102 cm³/mol. The quantitative estimate of drug-likeness (QED) is 0.784. The van der Waals surface area contributed by atoms with Crippen molar-refractivity contribution in [3.63, 3.8) is 0 Å². The highest BCUT2D eigenvalue weighted by molar-refractivity contribution is 5.94. The molecule has 0 radical (unpaired) electrons. The first-order valence-corrected chi connectivity index (χ1v) is 8.59. The van der Waals surface area contributed by atoms with Crippen LogP contribution in [0, 0.1) is 6.92 Å². The van der Waals surface area contributed by atoms with Gasteiger partial charge < -0.3 is 15.0 Å². The molecule has 1 unspecified atom stereocenters. The van der Waals surface area contributed by atoms with Gasteiger partial charge in [0.25, 0.3) is 0 Å². The number of fused-ring (bicyclic) bond motifs is 1. The molecule has 1 saturated heterocycles. The van der Waals surface area contributed by atoms with Gasteiger partial charge in [-0.25, -0.2) is 0 Å². The minimum absolute atomic E-state index is 0.315. The van der Waals surface area contributed by atoms with Gasteiger partial charge in [0.05, 0.1) is 23.5 Å². The highest BCUT2D eigenvalue weighted by atomic mass is 16.5. The second-order valence-electron chi connectivity index (χ2n) is 6.47. The molecule has 1 N–H and O–H groups in total. The predicted octanol–water partition coefficient (Wildman–Crippen LogP) is 3.91. The first-order chi connectivity index (χ1) is 12.2. The summed E-state index contributed by atoms with van der Waals surface area (Å²) in [7, 11) is 1.79. The number of anilines is 3. The Kier molecular flexibility index (Phi) is 4.24. The van der Waals surface area contributed by atoms with Crippen molar-refractivity contribution in [3.8, 4) is 0 Å². The minimum Gasteiger partial charge on any atom is -0.380 e. The Labute approximate surface area is 147 Å². The normalized spacial score (nSPS) is 17.2. The number of pyridine rings is 2. The Morgan fingerprint density at radius 3 is 2.88 bits per heavy atom. The molecule has 5 nitrogen and oxygen atoms in total. The summed E-state index contributed by atoms with van der Waals surface area (Å²) in [5.41, 5.74) is 5.26. The first-order valence-electron chi connectivity index (χ1n) is 8.59. The van der Waals surface area contributed by atoms with E-state index in [1.807, 2.05) is 25.3 Å². The van der Waals surface area contributed by atoms with Gasteiger partial charge >= 0.3 is 0 Å². The van der Waals surface area contributed by atoms with Crippen LogP contribution in [0.4, 0.5) is 17.1 Å². The average Bonchev–Trinajstić information content (AvgIpc) is 3.10. The second kappa shape index (κ2) is 6.69. The first kappa shape index (κ1) is 15.8. The van der Waals surface area contributed by atoms with Crippen molar-refractivity contribution in [2.45, 2.75) is 19.4 Å². The number of ether oxygens (including phenoxy) is 1. The molecule has 4 rings (SSSR count). The molecule has 3 aromatic rings. The second-order valence-corrected chi connectivity index (χ2v) is 6.47. The van der Waals surface area contributed by atoms with Crippen molar-refractivity contribution < 1.29 is 4.74 Å². The Bertz CT molecular complexity index is 882. The molecular formula is C20H22N4O. The van der Waals surface area contributed by atoms with E-state index in [0.29, 0.717) is 6.10 Å². The largest absolute Gasteiger partial charge is 0.380 e. The van der Waals surface area contributed by atoms with Gasteiger partial charge in [-0.15, -0.1) is 0 Å². The summed E-state index contributed by atoms with van der Waals surface area (Å²) in [6.07, 6.45) is 4.97. The van der Waals surface area contributed by atoms with Gasteiger partial charge in [0.2, 0.25) is 0 Å². The summed E-state index contributed by atoms with van der Waals surface area (Å²) in [4.78, 5) is 11.3. The lowest BCUT2D eigenvalue weighted by atomic mass is 10.1. The minimum atomic E-state index is 0.315. The van der Waals surface area contributed by atoms with E-state index in [-0.39, 0.29) is 0 Å². The number of nitrogens with zero attached hydrogens (tertiary/aromatic N) is 3. The van der Waals surface area contributed by atoms with Crippen LogP contribution in [0.3, 0.4) is 0 Å². The topological polar surface area (TPSA) is 50.3 Å². The van der Waals surface area contributed by atoms with Crippen molar-refractivity contribution in [3.05, 3.63) is 54.5 Å². The molecule has 0 spiro atoms. The van der Waals surface area contributed by atoms with Gasteiger partial charge in [-0.3, -0.25) is 9.97 Å². The highest BCUT2D eigenvalue weighted by Gasteiger charge is 2.24. The Balaban J connectivity index is 1.69. The van der Waals surface area contributed by atoms with Gasteiger partial charge in [-0.05, 0) is 49.7 Å². The number of nitrogens with one attached hydrogen (secondary N) is 1. The summed E-state index contributed by atoms with van der Waals surface area (Å²) < 4.78 is 5.52. The van der Waals surface area contributed by atoms with Crippen LogP contribution < -0.4 is 10.2 Å². The van der Waals surface area contributed by atoms with E-state index in [1.165, 1.54) is 11.1 Å². The van der Waals surface area contributed by atoms with Gasteiger partial charge in [0, 0.05) is 48.9 Å². The third-order valence-electron chi connectivity index (χ3n) is 4.69. The van der Waals surface area contributed by atoms with Crippen LogP contribution >= 0.6 is 0 Å². The number of aromatic nitrogens is 2. The fraction of sp³-hybridized carbons (Fsp3) is 0.300. The summed E-state index contributed by atoms with van der Waals surface area (Å²) >= 11 is 0. The van der Waals surface area contributed by atoms with Crippen LogP contribution in [0.5, 0.6) is 0 Å². The van der Waals surface area contributed by atoms with Crippen molar-refractivity contribution in [2.75, 3.05) is 30.4 Å². The summed E-state index contributed by atoms with van der Waals surface area (Å²) in [5, 5.41) is 4.56. The summed E-state index contributed by atoms with van der Waals surface area (Å²) in [6.45, 7) is 4.01. The summed E-state index contributed by atoms with van der Waals surface area (Å²) in [5.74, 6) is 0. The monoisotopic (exact) mass is 334 g/mol. The number of hydrogen-bond acceptors (Lipinski definition) is 5. The molecule has 25 heavy (non-hydrogen) atoms. The Morgan fingerprint density at radius 2 is 2.12 bits per heavy atom. The molecule has 0 amide bonds. The van der Waals surface area contributed by atoms with Crippen molar-refractivity contribution in [1.82, 2.24) is 9.97 Å². The molecule has 0 bridgehead atoms. The van der Waals surface area contributed by atoms with Gasteiger partial charge in [0.1, 0.15) is 0 Å². The molecule has 1 aliphatic heterocycles. The zero-order valence-corrected chi connectivity index (χ0v) is 14.6. The molecule has 0 aliphatic carbocycles. The van der Waals surface area contributed by atoms with Crippen LogP contribution in [0.2, 0.25) is 0 Å². The van der Waals surface area contributed by atoms with Crippen LogP contribution in [0.15, 0.2) is 48.8 Å². The molecule has 128 valence electrons. The van der Waals surface area contributed by atoms with E-state index in [1.54, 1.807) is 13.3 Å². The van der Waals surface area contributed by atoms with E-state index in [0.717, 1.165) is 42.1 Å². The lowest BCUT2D eigenvalue weighted by Gasteiger charge is -2.21. The maximum atomic E-state index is 5.52. The van der Waals surface area contributed by atoms with Crippen molar-refractivity contribution >= 4 is 28.0 Å². The molecule has 1 atom stereocenters. The fourth-order valence-corrected chi connectivity index (χ4v) is 3.42. The number of hydrogen-bond donors (Lipinski definition) is 1. The Morgan fingerprint density at radius 1 is 1.20 bits per heavy atom. The van der Waals surface area contributed by atoms with E-state index in [2.05, 4.69) is 39.5 Å². The molecule has 1 aromatic carbocycles. The lowest BCUT2D eigenvalue weighted by Crippen LogP contribution is -2.22. The fourth-order valence-electron chi connectivity index (χ4n) is 3.42. The van der Waals surface area contributed by atoms with Crippen LogP contribution in [-0.2, 0) is 4.74 Å². The Hall–Kier alpha value is -2.66. The van der Waals surface area contributed by atoms with E-state index in [9.17, 15) is 0 Å². The molecule has 3 heterocycles. The van der Waals surface area contributed by atoms with Gasteiger partial charge in [-0.1, -0.05) is 0 Å². The van der Waals surface area contributed by atoms with Gasteiger partial charge in [0.15, 0.2) is 0 Å². The highest BCUT2D eigenvalue weighted by Crippen LogP contribution is 2.32. The lowest BCUT2D eigenvalue weighted by molar-refractivity contribution is 0.121. The third kappa shape index (κ3) is 3.28. The zero-order valence-electron chi connectivity index (χ0n) is 14.6. The molecule has 5 heteroatoms. The maximum Gasteiger partial charge on any atom is 0.0762 e. The molecular weight excluding hydrogens is 312 g/mol. The maximum absolute atomic E-state index is 5.52. The summed E-state index contributed by atoms with van der Waals surface area (Å²) in [6, 6.07) is 12.4. The van der Waals surface area contributed by atoms with Crippen LogP contribution in [0.1, 0.15) is 12.1 Å². The van der Waals surface area contributed by atoms with Gasteiger partial charge in [-0.2, -0.15) is 0 Å². The van der Waals surface area contributed by atoms with Crippen LogP contribution in [0.25, 0.3) is 10.9 Å². The average molecular weight is 334 g/mol. The standard InChI is InChI=1S/C20H22N4O/c1-14-10-20(24-9-7-17(13-24)25-2)18-6-5-15(11-19(18)22-14)23-16-4-3-8-21-12-16/h3-6,8,10-12,17,23H,7,9,13H2,1-2H3. The number of methoxy groups -OCH3 is 1. The van der Waals surface area contributed by atoms with E-state index in [4.69, 9.17) is 9.72 Å². The smallest absolute Gasteiger partial charge is 0.0762 e. The van der Waals surface area contributed by atoms with Crippen molar-refractivity contribution in [1.29, 1.82) is 0 Å². The van der Waals surface area contributed by atoms with Crippen molar-refractivity contribution in [2.24, 2.45) is 0 Å². The van der Waals surface area contributed by atoms with E-state index < -0.39 is 0 Å².